The number of hydrogen-bond acceptors (Lipinski definition) is 16. The lowest BCUT2D eigenvalue weighted by Crippen LogP contribution is -2.53. The number of unbranched alkanes of at least 4 members (excludes halogenated alkanes) is 2. The van der Waals surface area contributed by atoms with Crippen LogP contribution in [-0.4, -0.2) is 138 Å². The van der Waals surface area contributed by atoms with Gasteiger partial charge in [0.25, 0.3) is 0 Å². The first kappa shape index (κ1) is 58.5. The van der Waals surface area contributed by atoms with Crippen LogP contribution >= 0.6 is 0 Å². The van der Waals surface area contributed by atoms with Crippen molar-refractivity contribution in [3.63, 3.8) is 0 Å². The van der Waals surface area contributed by atoms with Gasteiger partial charge in [-0.05, 0) is 121 Å². The molecule has 5 aromatic rings. The highest BCUT2D eigenvalue weighted by Gasteiger charge is 2.40. The van der Waals surface area contributed by atoms with E-state index in [1.165, 1.54) is 41.0 Å². The fourth-order valence-corrected chi connectivity index (χ4v) is 10.5. The third-order valence-electron chi connectivity index (χ3n) is 14.3. The van der Waals surface area contributed by atoms with Crippen LogP contribution in [0.25, 0.3) is 0 Å². The summed E-state index contributed by atoms with van der Waals surface area (Å²) < 4.78 is 87.8. The maximum Gasteiger partial charge on any atom is 0.311 e. The summed E-state index contributed by atoms with van der Waals surface area (Å²) in [5, 5.41) is 0. The molecule has 2 heterocycles. The van der Waals surface area contributed by atoms with Crippen LogP contribution in [0.5, 0.6) is 46.0 Å². The number of methoxy groups -OCH3 is 8. The van der Waals surface area contributed by atoms with E-state index in [1.807, 2.05) is 24.3 Å². The number of ether oxygens (including phenoxy) is 10. The van der Waals surface area contributed by atoms with Gasteiger partial charge < -0.3 is 56.4 Å². The summed E-state index contributed by atoms with van der Waals surface area (Å²) in [4.78, 5) is 28.4. The predicted molar refractivity (Wildman–Crippen MR) is 285 cm³/mol. The number of rotatable bonds is 25. The molecule has 18 heteroatoms. The van der Waals surface area contributed by atoms with Crippen molar-refractivity contribution in [1.82, 2.24) is 4.90 Å². The standard InChI is InChI=1S/C52H69N2O12.C6H6O3S/c1-54(23-19-38-32-48(62-7)50(64-9)34-40(38)42(54)28-36-14-16-44(58-3)46(30-36)60-5)24-20-52(56)66-26-12-10-11-25-65-51(55)18-22-53-21-17-37-31-47(61-6)49(63-8)33-39(37)41(53)27-35-13-15-43(57-2)45(29-35)59-4;7-10(8,9)6-4-2-1-3-5-6/h13-16,29-34,41-42H,10-12,17-28H2,1-9H3;1-5H,(H,7,8,9)/q+1;/p-1. The zero-order chi connectivity index (χ0) is 54.8. The molecule has 7 rings (SSSR count). The van der Waals surface area contributed by atoms with Gasteiger partial charge in [0.1, 0.15) is 16.2 Å². The molecule has 0 fully saturated rings. The third kappa shape index (κ3) is 15.2. The molecule has 0 saturated carbocycles. The van der Waals surface area contributed by atoms with Crippen molar-refractivity contribution < 1.29 is 74.4 Å². The van der Waals surface area contributed by atoms with E-state index in [4.69, 9.17) is 47.4 Å². The molecule has 2 aliphatic rings. The van der Waals surface area contributed by atoms with Gasteiger partial charge in [0.15, 0.2) is 46.0 Å². The number of quaternary nitrogens is 1. The van der Waals surface area contributed by atoms with E-state index in [0.717, 1.165) is 55.5 Å². The molecular formula is C58H74N2O15S. The van der Waals surface area contributed by atoms with Gasteiger partial charge in [0, 0.05) is 37.5 Å². The lowest BCUT2D eigenvalue weighted by molar-refractivity contribution is -0.940. The highest BCUT2D eigenvalue weighted by Crippen LogP contribution is 2.44. The summed E-state index contributed by atoms with van der Waals surface area (Å²) in [7, 11) is 11.1. The molecule has 76 heavy (non-hydrogen) atoms. The van der Waals surface area contributed by atoms with Gasteiger partial charge >= 0.3 is 11.9 Å². The van der Waals surface area contributed by atoms with E-state index in [1.54, 1.807) is 62.9 Å². The maximum absolute atomic E-state index is 13.2. The average molecular weight is 1070 g/mol. The molecule has 412 valence electrons. The van der Waals surface area contributed by atoms with Crippen molar-refractivity contribution in [2.24, 2.45) is 0 Å². The minimum absolute atomic E-state index is 0.0116. The molecule has 0 aliphatic carbocycles. The Morgan fingerprint density at radius 1 is 0.566 bits per heavy atom. The van der Waals surface area contributed by atoms with Crippen molar-refractivity contribution in [3.8, 4) is 46.0 Å². The number of benzene rings is 5. The zero-order valence-corrected chi connectivity index (χ0v) is 46.2. The van der Waals surface area contributed by atoms with E-state index in [-0.39, 0.29) is 35.3 Å². The topological polar surface area (TPSA) is 187 Å². The van der Waals surface area contributed by atoms with Crippen LogP contribution in [-0.2, 0) is 54.9 Å². The van der Waals surface area contributed by atoms with Gasteiger partial charge in [-0.2, -0.15) is 0 Å². The monoisotopic (exact) mass is 1070 g/mol. The van der Waals surface area contributed by atoms with Crippen LogP contribution in [0.2, 0.25) is 0 Å². The smallest absolute Gasteiger partial charge is 0.311 e. The van der Waals surface area contributed by atoms with Gasteiger partial charge in [-0.15, -0.1) is 0 Å². The van der Waals surface area contributed by atoms with Gasteiger partial charge in [-0.25, -0.2) is 8.42 Å². The zero-order valence-electron chi connectivity index (χ0n) is 45.3. The molecule has 0 bridgehead atoms. The molecule has 0 saturated heterocycles. The molecule has 0 radical (unpaired) electrons. The lowest BCUT2D eigenvalue weighted by Gasteiger charge is -2.46. The Labute approximate surface area is 448 Å². The maximum atomic E-state index is 13.2. The normalized spacial score (nSPS) is 16.9. The summed E-state index contributed by atoms with van der Waals surface area (Å²) in [6.45, 7) is 3.43. The van der Waals surface area contributed by atoms with Gasteiger partial charge in [0.05, 0.1) is 108 Å². The van der Waals surface area contributed by atoms with Gasteiger partial charge in [-0.1, -0.05) is 30.3 Å². The van der Waals surface area contributed by atoms with Crippen LogP contribution in [0.3, 0.4) is 0 Å². The molecule has 0 aromatic heterocycles. The Hall–Kier alpha value is -6.73. The number of fused-ring (bicyclic) bond motifs is 2. The Balaban J connectivity index is 0.000000839. The Bertz CT molecular complexity index is 2830. The highest BCUT2D eigenvalue weighted by atomic mass is 32.2. The largest absolute Gasteiger partial charge is 0.744 e. The van der Waals surface area contributed by atoms with Crippen LogP contribution < -0.4 is 37.9 Å². The number of nitrogens with zero attached hydrogens (tertiary/aromatic N) is 2. The van der Waals surface area contributed by atoms with Crippen molar-refractivity contribution in [2.45, 2.75) is 74.8 Å². The van der Waals surface area contributed by atoms with E-state index < -0.39 is 10.1 Å². The number of hydrogen-bond donors (Lipinski definition) is 0. The molecule has 3 unspecified atom stereocenters. The Morgan fingerprint density at radius 2 is 1.04 bits per heavy atom. The van der Waals surface area contributed by atoms with Crippen molar-refractivity contribution >= 4 is 22.1 Å². The molecule has 0 N–H and O–H groups in total. The van der Waals surface area contributed by atoms with Gasteiger partial charge in [-0.3, -0.25) is 14.5 Å². The summed E-state index contributed by atoms with van der Waals surface area (Å²) in [5.74, 6) is 5.01. The predicted octanol–water partition coefficient (Wildman–Crippen LogP) is 8.51. The number of esters is 2. The molecule has 0 amide bonds. The Kier molecular flexibility index (Phi) is 21.5. The summed E-state index contributed by atoms with van der Waals surface area (Å²) in [6.07, 6.45) is 5.77. The van der Waals surface area contributed by atoms with E-state index in [9.17, 15) is 22.6 Å². The second-order valence-corrected chi connectivity index (χ2v) is 20.2. The third-order valence-corrected chi connectivity index (χ3v) is 15.1. The fourth-order valence-electron chi connectivity index (χ4n) is 10.0. The molecule has 17 nitrogen and oxygen atoms in total. The molecule has 0 spiro atoms. The van der Waals surface area contributed by atoms with E-state index in [2.05, 4.69) is 48.3 Å². The van der Waals surface area contributed by atoms with Gasteiger partial charge in [0.2, 0.25) is 0 Å². The average Bonchev–Trinajstić information content (AvgIpc) is 3.44. The van der Waals surface area contributed by atoms with Crippen molar-refractivity contribution in [3.05, 3.63) is 124 Å². The lowest BCUT2D eigenvalue weighted by atomic mass is 9.86. The first-order valence-corrected chi connectivity index (χ1v) is 26.8. The molecular weight excluding hydrogens is 997 g/mol. The minimum Gasteiger partial charge on any atom is -0.744 e. The van der Waals surface area contributed by atoms with E-state index >= 15 is 0 Å². The molecule has 5 aromatic carbocycles. The van der Waals surface area contributed by atoms with Crippen LogP contribution in [0.15, 0.2) is 95.9 Å². The van der Waals surface area contributed by atoms with Crippen molar-refractivity contribution in [1.29, 1.82) is 0 Å². The SMILES string of the molecule is COc1ccc(CC2c3cc(OC)c(OC)cc3CCN2CCC(=O)OCCCCCOC(=O)CC[N+]2(C)CCc3cc(OC)c(OC)cc3C2Cc2ccc(OC)c(OC)c2)cc1OC.O=S(=O)([O-])c1ccccc1. The first-order chi connectivity index (χ1) is 36.6. The number of likely N-dealkylation sites (N-methyl/N-ethyl adjacent to an activating group) is 1. The fraction of sp³-hybridized carbons (Fsp3) is 0.448. The molecule has 3 atom stereocenters. The summed E-state index contributed by atoms with van der Waals surface area (Å²) in [5.41, 5.74) is 6.93. The van der Waals surface area contributed by atoms with Crippen LogP contribution in [0.4, 0.5) is 0 Å². The minimum atomic E-state index is -4.25. The Morgan fingerprint density at radius 3 is 1.55 bits per heavy atom. The summed E-state index contributed by atoms with van der Waals surface area (Å²) in [6, 6.07) is 27.5. The van der Waals surface area contributed by atoms with E-state index in [0.29, 0.717) is 102 Å². The van der Waals surface area contributed by atoms with Crippen molar-refractivity contribution in [2.75, 3.05) is 103 Å². The second-order valence-electron chi connectivity index (χ2n) is 18.9. The van der Waals surface area contributed by atoms with Crippen LogP contribution in [0, 0.1) is 0 Å². The quantitative estimate of drug-likeness (QED) is 0.0234. The number of carbonyl (C=O) groups excluding carboxylic acids is 2. The number of carbonyl (C=O) groups is 2. The summed E-state index contributed by atoms with van der Waals surface area (Å²) >= 11 is 0. The molecule has 2 aliphatic heterocycles. The first-order valence-electron chi connectivity index (χ1n) is 25.4. The van der Waals surface area contributed by atoms with Crippen LogP contribution in [0.1, 0.15) is 77.6 Å². The second kappa shape index (κ2) is 27.9. The highest BCUT2D eigenvalue weighted by molar-refractivity contribution is 7.85.